The van der Waals surface area contributed by atoms with E-state index in [0.717, 1.165) is 24.4 Å². The van der Waals surface area contributed by atoms with Gasteiger partial charge in [-0.15, -0.1) is 0 Å². The highest BCUT2D eigenvalue weighted by atomic mass is 19.4. The van der Waals surface area contributed by atoms with Gasteiger partial charge in [0.2, 0.25) is 0 Å². The zero-order valence-corrected chi connectivity index (χ0v) is 17.5. The van der Waals surface area contributed by atoms with Crippen LogP contribution in [0, 0.1) is 0 Å². The maximum Gasteiger partial charge on any atom is 0.416 e. The third kappa shape index (κ3) is 7.05. The van der Waals surface area contributed by atoms with Crippen molar-refractivity contribution in [2.75, 3.05) is 18.6 Å². The van der Waals surface area contributed by atoms with E-state index in [1.54, 1.807) is 0 Å². The van der Waals surface area contributed by atoms with E-state index in [1.165, 1.54) is 6.07 Å². The first-order valence-electron chi connectivity index (χ1n) is 9.98. The second kappa shape index (κ2) is 12.2. The minimum Gasteiger partial charge on any atom is -0.394 e. The number of aliphatic hydroxyl groups excluding tert-OH is 8. The Hall–Kier alpha value is -1.92. The van der Waals surface area contributed by atoms with Gasteiger partial charge in [-0.1, -0.05) is 6.07 Å². The molecule has 1 saturated heterocycles. The van der Waals surface area contributed by atoms with Crippen molar-refractivity contribution in [3.05, 3.63) is 29.8 Å². The molecule has 1 aromatic rings. The number of ether oxygens (including phenoxy) is 2. The Bertz CT molecular complexity index is 800. The van der Waals surface area contributed by atoms with Gasteiger partial charge in [0.1, 0.15) is 48.8 Å². The number of benzene rings is 1. The summed E-state index contributed by atoms with van der Waals surface area (Å²) in [5, 5.41) is 81.7. The van der Waals surface area contributed by atoms with Gasteiger partial charge in [-0.25, -0.2) is 0 Å². The third-order valence-electron chi connectivity index (χ3n) is 5.01. The van der Waals surface area contributed by atoms with Crippen molar-refractivity contribution in [3.63, 3.8) is 0 Å². The van der Waals surface area contributed by atoms with Crippen LogP contribution in [0.3, 0.4) is 0 Å². The van der Waals surface area contributed by atoms with Crippen LogP contribution >= 0.6 is 0 Å². The Balaban J connectivity index is 2.23. The lowest BCUT2D eigenvalue weighted by atomic mass is 9.99. The molecule has 2 rings (SSSR count). The van der Waals surface area contributed by atoms with Crippen LogP contribution in [0.25, 0.3) is 0 Å². The molecule has 0 aliphatic carbocycles. The van der Waals surface area contributed by atoms with Gasteiger partial charge >= 0.3 is 6.18 Å². The summed E-state index contributed by atoms with van der Waals surface area (Å²) >= 11 is 0. The lowest BCUT2D eigenvalue weighted by molar-refractivity contribution is -0.312. The first-order chi connectivity index (χ1) is 15.9. The molecule has 0 bridgehead atoms. The van der Waals surface area contributed by atoms with Crippen LogP contribution in [-0.2, 0) is 15.7 Å². The van der Waals surface area contributed by atoms with Crippen molar-refractivity contribution in [3.8, 4) is 0 Å². The smallest absolute Gasteiger partial charge is 0.394 e. The summed E-state index contributed by atoms with van der Waals surface area (Å²) in [6, 6.07) is 3.93. The van der Waals surface area contributed by atoms with Crippen LogP contribution in [0.5, 0.6) is 0 Å². The van der Waals surface area contributed by atoms with Crippen LogP contribution in [-0.4, -0.2) is 115 Å². The molecule has 0 saturated carbocycles. The number of hydrogen-bond acceptors (Lipinski definition) is 12. The molecule has 0 amide bonds. The fraction of sp³-hybridized carbons (Fsp3) is 0.632. The minimum absolute atomic E-state index is 0.108. The van der Waals surface area contributed by atoms with E-state index in [-0.39, 0.29) is 5.69 Å². The van der Waals surface area contributed by atoms with Crippen molar-refractivity contribution in [1.82, 2.24) is 0 Å². The molecular formula is C19H27F3N2O10. The molecule has 12 nitrogen and oxygen atoms in total. The van der Waals surface area contributed by atoms with Crippen LogP contribution in [0.2, 0.25) is 0 Å². The predicted molar refractivity (Wildman–Crippen MR) is 107 cm³/mol. The van der Waals surface area contributed by atoms with Crippen LogP contribution in [0.1, 0.15) is 5.56 Å². The molecule has 9 atom stereocenters. The summed E-state index contributed by atoms with van der Waals surface area (Å²) in [7, 11) is 0. The number of alkyl halides is 3. The van der Waals surface area contributed by atoms with Gasteiger partial charge in [0.25, 0.3) is 0 Å². The number of nitrogens with zero attached hydrogens (tertiary/aromatic N) is 1. The Morgan fingerprint density at radius 2 is 1.74 bits per heavy atom. The maximum absolute atomic E-state index is 12.9. The molecule has 1 aliphatic rings. The highest BCUT2D eigenvalue weighted by Crippen LogP contribution is 2.30. The molecule has 0 radical (unpaired) electrons. The summed E-state index contributed by atoms with van der Waals surface area (Å²) in [4.78, 5) is 0. The summed E-state index contributed by atoms with van der Waals surface area (Å²) in [5.74, 6) is 0. The van der Waals surface area contributed by atoms with Crippen molar-refractivity contribution in [2.24, 2.45) is 5.10 Å². The quantitative estimate of drug-likeness (QED) is 0.120. The average Bonchev–Trinajstić information content (AvgIpc) is 2.81. The van der Waals surface area contributed by atoms with Gasteiger partial charge in [-0.05, 0) is 18.2 Å². The standard InChI is InChI=1S/C19H27F3N2O10/c20-19(21,22)8-2-1-3-9(4-8)24-23-5-11(14(29)13(28)10(27)6-25)33-18-17(32)16(31)15(30)12(7-26)34-18/h1-5,10-18,24-32H,6-7H2/b23-5+/t10-,11+,12-,13-,14-,15-,16+,17-,18-/m1/s1. The number of hydrogen-bond donors (Lipinski definition) is 9. The normalized spacial score (nSPS) is 29.6. The number of rotatable bonds is 10. The van der Waals surface area contributed by atoms with E-state index in [9.17, 15) is 48.9 Å². The van der Waals surface area contributed by atoms with Crippen LogP contribution < -0.4 is 5.43 Å². The van der Waals surface area contributed by atoms with E-state index in [4.69, 9.17) is 14.6 Å². The van der Waals surface area contributed by atoms with Gasteiger partial charge in [0.05, 0.1) is 30.7 Å². The molecule has 194 valence electrons. The SMILES string of the molecule is OC[C@@H](O)[C@@H](O)[C@H](O)[C@H](/C=N/Nc1cccc(C(F)(F)F)c1)O[C@@H]1O[C@H](CO)[C@@H](O)[C@H](O)[C@H]1O. The second-order valence-electron chi connectivity index (χ2n) is 7.50. The molecule has 1 aliphatic heterocycles. The zero-order valence-electron chi connectivity index (χ0n) is 17.5. The van der Waals surface area contributed by atoms with E-state index < -0.39 is 80.1 Å². The Morgan fingerprint density at radius 1 is 1.06 bits per heavy atom. The lowest BCUT2D eigenvalue weighted by Crippen LogP contribution is -2.60. The molecule has 34 heavy (non-hydrogen) atoms. The Kier molecular flexibility index (Phi) is 10.1. The van der Waals surface area contributed by atoms with E-state index in [2.05, 4.69) is 10.5 Å². The second-order valence-corrected chi connectivity index (χ2v) is 7.50. The van der Waals surface area contributed by atoms with E-state index in [1.807, 2.05) is 0 Å². The highest BCUT2D eigenvalue weighted by Gasteiger charge is 2.46. The van der Waals surface area contributed by atoms with Crippen LogP contribution in [0.4, 0.5) is 18.9 Å². The number of nitrogens with one attached hydrogen (secondary N) is 1. The Morgan fingerprint density at radius 3 is 2.32 bits per heavy atom. The number of anilines is 1. The highest BCUT2D eigenvalue weighted by molar-refractivity contribution is 5.66. The molecule has 15 heteroatoms. The van der Waals surface area contributed by atoms with Crippen LogP contribution in [0.15, 0.2) is 29.4 Å². The lowest BCUT2D eigenvalue weighted by Gasteiger charge is -2.41. The molecule has 1 fully saturated rings. The van der Waals surface area contributed by atoms with Gasteiger partial charge < -0.3 is 50.3 Å². The third-order valence-corrected chi connectivity index (χ3v) is 5.01. The molecule has 1 heterocycles. The summed E-state index contributed by atoms with van der Waals surface area (Å²) in [6.45, 7) is -1.74. The van der Waals surface area contributed by atoms with Crippen molar-refractivity contribution in [1.29, 1.82) is 0 Å². The molecule has 0 aromatic heterocycles. The number of hydrazone groups is 1. The fourth-order valence-electron chi connectivity index (χ4n) is 3.02. The molecule has 0 spiro atoms. The van der Waals surface area contributed by atoms with E-state index in [0.29, 0.717) is 0 Å². The Labute approximate surface area is 191 Å². The molecule has 1 aromatic carbocycles. The molecule has 9 N–H and O–H groups in total. The number of aliphatic hydroxyl groups is 8. The summed E-state index contributed by atoms with van der Waals surface area (Å²) < 4.78 is 49.0. The van der Waals surface area contributed by atoms with Gasteiger partial charge in [0, 0.05) is 0 Å². The molecular weight excluding hydrogens is 473 g/mol. The average molecular weight is 500 g/mol. The van der Waals surface area contributed by atoms with Gasteiger partial charge in [0.15, 0.2) is 6.29 Å². The predicted octanol–water partition coefficient (Wildman–Crippen LogP) is -2.64. The molecule has 0 unspecified atom stereocenters. The van der Waals surface area contributed by atoms with Crippen molar-refractivity contribution < 1.29 is 63.5 Å². The largest absolute Gasteiger partial charge is 0.416 e. The van der Waals surface area contributed by atoms with Crippen molar-refractivity contribution >= 4 is 11.9 Å². The summed E-state index contributed by atoms with van der Waals surface area (Å²) in [6.07, 6.45) is -20.0. The first-order valence-corrected chi connectivity index (χ1v) is 9.98. The van der Waals surface area contributed by atoms with Gasteiger partial charge in [-0.3, -0.25) is 5.43 Å². The van der Waals surface area contributed by atoms with Crippen molar-refractivity contribution in [2.45, 2.75) is 61.3 Å². The minimum atomic E-state index is -4.61. The summed E-state index contributed by atoms with van der Waals surface area (Å²) in [5.41, 5.74) is 1.18. The number of halogens is 3. The monoisotopic (exact) mass is 500 g/mol. The topological polar surface area (TPSA) is 205 Å². The zero-order chi connectivity index (χ0) is 25.6. The fourth-order valence-corrected chi connectivity index (χ4v) is 3.02. The van der Waals surface area contributed by atoms with Gasteiger partial charge in [-0.2, -0.15) is 18.3 Å². The first kappa shape index (κ1) is 28.3. The maximum atomic E-state index is 12.9. The van der Waals surface area contributed by atoms with E-state index >= 15 is 0 Å².